The summed E-state index contributed by atoms with van der Waals surface area (Å²) in [6.07, 6.45) is -2.16. The van der Waals surface area contributed by atoms with Gasteiger partial charge in [-0.3, -0.25) is 9.59 Å². The molecule has 0 saturated heterocycles. The molecule has 0 bridgehead atoms. The number of hydrogen-bond donors (Lipinski definition) is 0. The lowest BCUT2D eigenvalue weighted by Gasteiger charge is -2.29. The molecule has 1 amide bonds. The summed E-state index contributed by atoms with van der Waals surface area (Å²) in [4.78, 5) is 26.6. The number of ketones is 1. The number of carbonyl (C=O) groups excluding carboxylic acids is 2. The molecule has 0 fully saturated rings. The zero-order chi connectivity index (χ0) is 20.8. The molecule has 0 N–H and O–H groups in total. The fourth-order valence-corrected chi connectivity index (χ4v) is 4.12. The summed E-state index contributed by atoms with van der Waals surface area (Å²) in [7, 11) is 0. The standard InChI is InChI=1S/C21H16BrF3N2O2/c22-14-7-8-18-15(10-14)16(20(29)21(23,24)25)11-26(18)12-19(28)27-9-3-5-13-4-1-2-6-17(13)27/h1-2,4,6-8,10-11H,3,5,9,12H2. The Morgan fingerprint density at radius 2 is 1.86 bits per heavy atom. The minimum atomic E-state index is -4.99. The molecule has 0 saturated carbocycles. The molecule has 150 valence electrons. The molecular weight excluding hydrogens is 449 g/mol. The first-order valence-corrected chi connectivity index (χ1v) is 9.83. The van der Waals surface area contributed by atoms with E-state index in [1.807, 2.05) is 24.3 Å². The maximum absolute atomic E-state index is 13.0. The molecule has 1 aromatic heterocycles. The van der Waals surface area contributed by atoms with Gasteiger partial charge in [0.2, 0.25) is 5.91 Å². The van der Waals surface area contributed by atoms with Crippen LogP contribution < -0.4 is 4.90 Å². The molecular formula is C21H16BrF3N2O2. The average Bonchev–Trinajstić information content (AvgIpc) is 3.03. The molecule has 2 heterocycles. The van der Waals surface area contributed by atoms with Gasteiger partial charge in [0.1, 0.15) is 6.54 Å². The molecule has 1 aliphatic heterocycles. The third kappa shape index (κ3) is 3.69. The molecule has 3 aromatic rings. The van der Waals surface area contributed by atoms with Crippen molar-refractivity contribution in [3.63, 3.8) is 0 Å². The van der Waals surface area contributed by atoms with Gasteiger partial charge in [-0.1, -0.05) is 34.1 Å². The van der Waals surface area contributed by atoms with Crippen LogP contribution in [0.25, 0.3) is 10.9 Å². The van der Waals surface area contributed by atoms with Gasteiger partial charge in [0.05, 0.1) is 5.56 Å². The van der Waals surface area contributed by atoms with E-state index in [1.165, 1.54) is 10.6 Å². The molecule has 8 heteroatoms. The van der Waals surface area contributed by atoms with Gasteiger partial charge in [-0.2, -0.15) is 13.2 Å². The monoisotopic (exact) mass is 464 g/mol. The van der Waals surface area contributed by atoms with E-state index in [1.54, 1.807) is 17.0 Å². The predicted octanol–water partition coefficient (Wildman–Crippen LogP) is 5.13. The number of hydrogen-bond acceptors (Lipinski definition) is 2. The number of anilines is 1. The quantitative estimate of drug-likeness (QED) is 0.504. The number of aryl methyl sites for hydroxylation is 1. The predicted molar refractivity (Wildman–Crippen MR) is 107 cm³/mol. The summed E-state index contributed by atoms with van der Waals surface area (Å²) in [5.74, 6) is -2.15. The third-order valence-corrected chi connectivity index (χ3v) is 5.56. The molecule has 0 unspecified atom stereocenters. The van der Waals surface area contributed by atoms with Gasteiger partial charge in [-0.25, -0.2) is 0 Å². The van der Waals surface area contributed by atoms with Gasteiger partial charge >= 0.3 is 6.18 Å². The molecule has 0 aliphatic carbocycles. The van der Waals surface area contributed by atoms with Crippen molar-refractivity contribution < 1.29 is 22.8 Å². The summed E-state index contributed by atoms with van der Waals surface area (Å²) < 4.78 is 41.1. The highest BCUT2D eigenvalue weighted by Gasteiger charge is 2.41. The summed E-state index contributed by atoms with van der Waals surface area (Å²) in [5, 5.41) is 0.161. The second-order valence-electron chi connectivity index (χ2n) is 6.94. The normalized spacial score (nSPS) is 14.1. The second-order valence-corrected chi connectivity index (χ2v) is 7.85. The van der Waals surface area contributed by atoms with Crippen LogP contribution in [-0.4, -0.2) is 29.0 Å². The Balaban J connectivity index is 1.72. The van der Waals surface area contributed by atoms with Crippen molar-refractivity contribution in [3.8, 4) is 0 Å². The van der Waals surface area contributed by atoms with Gasteiger partial charge < -0.3 is 9.47 Å². The Hall–Kier alpha value is -2.61. The minimum Gasteiger partial charge on any atom is -0.337 e. The van der Waals surface area contributed by atoms with E-state index in [0.29, 0.717) is 16.5 Å². The van der Waals surface area contributed by atoms with Crippen molar-refractivity contribution >= 4 is 44.2 Å². The van der Waals surface area contributed by atoms with Crippen molar-refractivity contribution in [2.24, 2.45) is 0 Å². The number of rotatable bonds is 3. The minimum absolute atomic E-state index is 0.155. The zero-order valence-electron chi connectivity index (χ0n) is 15.2. The van der Waals surface area contributed by atoms with Crippen LogP contribution in [0.2, 0.25) is 0 Å². The van der Waals surface area contributed by atoms with E-state index in [9.17, 15) is 22.8 Å². The van der Waals surface area contributed by atoms with Crippen LogP contribution >= 0.6 is 15.9 Å². The van der Waals surface area contributed by atoms with Crippen LogP contribution in [0, 0.1) is 0 Å². The van der Waals surface area contributed by atoms with Gasteiger partial charge in [0.25, 0.3) is 5.78 Å². The SMILES string of the molecule is O=C(Cn1cc(C(=O)C(F)(F)F)c2cc(Br)ccc21)N1CCCc2ccccc21. The number of alkyl halides is 3. The van der Waals surface area contributed by atoms with Crippen molar-refractivity contribution in [2.45, 2.75) is 25.6 Å². The topological polar surface area (TPSA) is 42.3 Å². The summed E-state index contributed by atoms with van der Waals surface area (Å²) in [6, 6.07) is 12.3. The van der Waals surface area contributed by atoms with Crippen molar-refractivity contribution in [3.05, 3.63) is 64.3 Å². The fourth-order valence-electron chi connectivity index (χ4n) is 3.76. The average molecular weight is 465 g/mol. The lowest BCUT2D eigenvalue weighted by atomic mass is 10.0. The smallest absolute Gasteiger partial charge is 0.337 e. The number of Topliss-reactive ketones (excluding diaryl/α,β-unsaturated/α-hetero) is 1. The highest BCUT2D eigenvalue weighted by atomic mass is 79.9. The van der Waals surface area contributed by atoms with E-state index < -0.39 is 17.5 Å². The first-order chi connectivity index (χ1) is 13.8. The number of carbonyl (C=O) groups is 2. The highest BCUT2D eigenvalue weighted by molar-refractivity contribution is 9.10. The third-order valence-electron chi connectivity index (χ3n) is 5.06. The van der Waals surface area contributed by atoms with Crippen LogP contribution in [-0.2, 0) is 17.8 Å². The van der Waals surface area contributed by atoms with Crippen LogP contribution in [0.3, 0.4) is 0 Å². The Morgan fingerprint density at radius 1 is 1.10 bits per heavy atom. The molecule has 0 radical (unpaired) electrons. The van der Waals surface area contributed by atoms with Gasteiger partial charge in [0, 0.05) is 33.8 Å². The summed E-state index contributed by atoms with van der Waals surface area (Å²) in [6.45, 7) is 0.395. The first-order valence-electron chi connectivity index (χ1n) is 9.04. The molecule has 4 rings (SSSR count). The second kappa shape index (κ2) is 7.33. The van der Waals surface area contributed by atoms with E-state index >= 15 is 0 Å². The Bertz CT molecular complexity index is 1120. The number of halogens is 4. The summed E-state index contributed by atoms with van der Waals surface area (Å²) in [5.41, 5.74) is 1.84. The first kappa shape index (κ1) is 19.7. The number of para-hydroxylation sites is 1. The molecule has 0 spiro atoms. The lowest BCUT2D eigenvalue weighted by molar-refractivity contribution is -0.119. The lowest BCUT2D eigenvalue weighted by Crippen LogP contribution is -2.37. The maximum Gasteiger partial charge on any atom is 0.454 e. The van der Waals surface area contributed by atoms with Crippen LogP contribution in [0.1, 0.15) is 22.3 Å². The number of benzene rings is 2. The molecule has 29 heavy (non-hydrogen) atoms. The van der Waals surface area contributed by atoms with Crippen molar-refractivity contribution in [2.75, 3.05) is 11.4 Å². The number of nitrogens with zero attached hydrogens (tertiary/aromatic N) is 2. The molecule has 2 aromatic carbocycles. The van der Waals surface area contributed by atoms with E-state index in [4.69, 9.17) is 0 Å². The van der Waals surface area contributed by atoms with Crippen molar-refractivity contribution in [1.82, 2.24) is 4.57 Å². The Labute approximate surface area is 173 Å². The van der Waals surface area contributed by atoms with Gasteiger partial charge in [0.15, 0.2) is 0 Å². The van der Waals surface area contributed by atoms with Crippen molar-refractivity contribution in [1.29, 1.82) is 0 Å². The van der Waals surface area contributed by atoms with Crippen LogP contribution in [0.4, 0.5) is 18.9 Å². The Kier molecular flexibility index (Phi) is 4.98. The number of aromatic nitrogens is 1. The summed E-state index contributed by atoms with van der Waals surface area (Å²) >= 11 is 3.23. The molecule has 4 nitrogen and oxygen atoms in total. The number of amides is 1. The van der Waals surface area contributed by atoms with Crippen LogP contribution in [0.15, 0.2) is 53.1 Å². The Morgan fingerprint density at radius 3 is 2.62 bits per heavy atom. The highest BCUT2D eigenvalue weighted by Crippen LogP contribution is 2.31. The number of fused-ring (bicyclic) bond motifs is 2. The van der Waals surface area contributed by atoms with Gasteiger partial charge in [-0.05, 0) is 42.7 Å². The van der Waals surface area contributed by atoms with E-state index in [-0.39, 0.29) is 17.8 Å². The fraction of sp³-hybridized carbons (Fsp3) is 0.238. The van der Waals surface area contributed by atoms with Crippen LogP contribution in [0.5, 0.6) is 0 Å². The largest absolute Gasteiger partial charge is 0.454 e. The van der Waals surface area contributed by atoms with Gasteiger partial charge in [-0.15, -0.1) is 0 Å². The van der Waals surface area contributed by atoms with E-state index in [0.717, 1.165) is 30.3 Å². The maximum atomic E-state index is 13.0. The van der Waals surface area contributed by atoms with E-state index in [2.05, 4.69) is 15.9 Å². The molecule has 0 atom stereocenters. The molecule has 1 aliphatic rings. The zero-order valence-corrected chi connectivity index (χ0v) is 16.8.